The number of rotatable bonds is 8. The largest absolute Gasteiger partial charge is 0.504 e. The molecule has 2 aliphatic carbocycles. The van der Waals surface area contributed by atoms with Crippen LogP contribution < -0.4 is 35.7 Å². The Hall–Kier alpha value is -4.79. The Kier molecular flexibility index (Phi) is 6.69. The number of phenols is 1. The van der Waals surface area contributed by atoms with Crippen molar-refractivity contribution in [2.24, 2.45) is 0 Å². The highest BCUT2D eigenvalue weighted by molar-refractivity contribution is 6.40. The maximum atomic E-state index is 14.3. The molecular weight excluding hydrogens is 572 g/mol. The van der Waals surface area contributed by atoms with Gasteiger partial charge < -0.3 is 30.0 Å². The van der Waals surface area contributed by atoms with Crippen LogP contribution in [0.2, 0.25) is 0 Å². The summed E-state index contributed by atoms with van der Waals surface area (Å²) in [6.07, 6.45) is 6.20. The van der Waals surface area contributed by atoms with E-state index in [4.69, 9.17) is 14.2 Å². The van der Waals surface area contributed by atoms with Crippen LogP contribution in [0.5, 0.6) is 23.0 Å². The van der Waals surface area contributed by atoms with Crippen LogP contribution in [0.4, 0.5) is 11.4 Å². The molecule has 0 spiro atoms. The number of carbonyl (C=O) groups is 1. The van der Waals surface area contributed by atoms with Gasteiger partial charge in [-0.05, 0) is 39.0 Å². The molecule has 232 valence electrons. The Balaban J connectivity index is 1.92. The third kappa shape index (κ3) is 3.82. The number of Topliss-reactive ketones (excluding diaryl/α,β-unsaturated/α-hetero) is 1. The van der Waals surface area contributed by atoms with E-state index >= 15 is 0 Å². The molecule has 0 saturated heterocycles. The number of ketones is 1. The van der Waals surface area contributed by atoms with Crippen LogP contribution in [0.3, 0.4) is 0 Å². The summed E-state index contributed by atoms with van der Waals surface area (Å²) in [5.74, 6) is -0.616. The fraction of sp³-hybridized carbons (Fsp3) is 0.361. The van der Waals surface area contributed by atoms with Crippen LogP contribution in [0.1, 0.15) is 63.5 Å². The first-order chi connectivity index (χ1) is 21.7. The van der Waals surface area contributed by atoms with Crippen LogP contribution in [-0.4, -0.2) is 44.8 Å². The predicted molar refractivity (Wildman–Crippen MR) is 180 cm³/mol. The number of allylic oxidation sites excluding steroid dienone is 1. The summed E-state index contributed by atoms with van der Waals surface area (Å²) in [4.78, 5) is 41.6. The van der Waals surface area contributed by atoms with E-state index in [1.807, 2.05) is 19.9 Å². The van der Waals surface area contributed by atoms with E-state index in [1.54, 1.807) is 0 Å². The van der Waals surface area contributed by atoms with Gasteiger partial charge in [-0.15, -0.1) is 0 Å². The highest BCUT2D eigenvalue weighted by Crippen LogP contribution is 2.58. The number of nitrogens with one attached hydrogen (secondary N) is 2. The first-order valence-corrected chi connectivity index (χ1v) is 15.4. The highest BCUT2D eigenvalue weighted by Gasteiger charge is 2.37. The minimum atomic E-state index is -0.790. The lowest BCUT2D eigenvalue weighted by Gasteiger charge is -2.27. The highest BCUT2D eigenvalue weighted by atomic mass is 16.5. The quantitative estimate of drug-likeness (QED) is 0.134. The van der Waals surface area contributed by atoms with Gasteiger partial charge in [-0.1, -0.05) is 24.5 Å². The van der Waals surface area contributed by atoms with E-state index in [2.05, 4.69) is 10.6 Å². The van der Waals surface area contributed by atoms with Gasteiger partial charge in [-0.2, -0.15) is 0 Å². The average Bonchev–Trinajstić information content (AvgIpc) is 3.48. The molecule has 7 rings (SSSR count). The molecule has 9 heteroatoms. The van der Waals surface area contributed by atoms with Gasteiger partial charge in [0, 0.05) is 62.8 Å². The predicted octanol–water partition coefficient (Wildman–Crippen LogP) is 6.50. The van der Waals surface area contributed by atoms with E-state index in [-0.39, 0.29) is 39.9 Å². The fourth-order valence-corrected chi connectivity index (χ4v) is 8.07. The minimum Gasteiger partial charge on any atom is -0.504 e. The fourth-order valence-electron chi connectivity index (χ4n) is 8.07. The molecule has 0 radical (unpaired) electrons. The van der Waals surface area contributed by atoms with Crippen molar-refractivity contribution in [3.8, 4) is 23.0 Å². The lowest BCUT2D eigenvalue weighted by Crippen LogP contribution is -2.19. The van der Waals surface area contributed by atoms with E-state index < -0.39 is 11.3 Å². The Morgan fingerprint density at radius 1 is 0.844 bits per heavy atom. The van der Waals surface area contributed by atoms with Crippen LogP contribution in [-0.2, 0) is 4.79 Å². The average molecular weight is 609 g/mol. The number of ether oxygens (including phenoxy) is 3. The number of benzene rings is 5. The molecule has 2 aliphatic rings. The number of fused-ring (bicyclic) bond motifs is 1. The molecule has 9 nitrogen and oxygen atoms in total. The summed E-state index contributed by atoms with van der Waals surface area (Å²) in [6.45, 7) is 5.99. The third-order valence-electron chi connectivity index (χ3n) is 9.74. The van der Waals surface area contributed by atoms with Crippen molar-refractivity contribution >= 4 is 66.3 Å². The minimum absolute atomic E-state index is 0.0550. The zero-order valence-corrected chi connectivity index (χ0v) is 26.3. The molecule has 3 N–H and O–H groups in total. The van der Waals surface area contributed by atoms with Crippen molar-refractivity contribution in [2.75, 3.05) is 38.5 Å². The number of anilines is 2. The van der Waals surface area contributed by atoms with Crippen LogP contribution in [0.25, 0.3) is 49.2 Å². The van der Waals surface area contributed by atoms with E-state index in [9.17, 15) is 19.5 Å². The molecule has 0 amide bonds. The van der Waals surface area contributed by atoms with E-state index in [0.29, 0.717) is 61.2 Å². The molecular formula is C36H36N2O7. The number of aromatic hydroxyl groups is 1. The van der Waals surface area contributed by atoms with Gasteiger partial charge in [0.2, 0.25) is 0 Å². The molecule has 1 fully saturated rings. The lowest BCUT2D eigenvalue weighted by atomic mass is 9.80. The zero-order valence-electron chi connectivity index (χ0n) is 26.3. The summed E-state index contributed by atoms with van der Waals surface area (Å²) in [6, 6.07) is 3.03. The SMILES string of the molecule is CCNc1c(NC2CCCC2)c2c(=O)cc(OC)c3c4c(OC)cc(=O)c5c(O)c(OC)c6c(c(c1C=C(C)C6C(C)=O)c23)c54. The van der Waals surface area contributed by atoms with Gasteiger partial charge in [-0.25, -0.2) is 0 Å². The van der Waals surface area contributed by atoms with Crippen molar-refractivity contribution in [2.45, 2.75) is 58.4 Å². The van der Waals surface area contributed by atoms with Gasteiger partial charge >= 0.3 is 0 Å². The van der Waals surface area contributed by atoms with Crippen molar-refractivity contribution in [3.63, 3.8) is 0 Å². The summed E-state index contributed by atoms with van der Waals surface area (Å²) in [5.41, 5.74) is 2.78. The maximum absolute atomic E-state index is 14.3. The van der Waals surface area contributed by atoms with Crippen LogP contribution in [0.15, 0.2) is 27.3 Å². The Labute approximate surface area is 259 Å². The number of hydrogen-bond donors (Lipinski definition) is 3. The van der Waals surface area contributed by atoms with E-state index in [0.717, 1.165) is 42.5 Å². The normalized spacial score (nSPS) is 16.6. The molecule has 0 aromatic heterocycles. The zero-order chi connectivity index (χ0) is 31.9. The van der Waals surface area contributed by atoms with Gasteiger partial charge in [0.25, 0.3) is 0 Å². The van der Waals surface area contributed by atoms with Crippen molar-refractivity contribution in [1.82, 2.24) is 0 Å². The molecule has 1 saturated carbocycles. The first-order valence-electron chi connectivity index (χ1n) is 15.4. The van der Waals surface area contributed by atoms with Gasteiger partial charge in [0.1, 0.15) is 17.3 Å². The van der Waals surface area contributed by atoms with Crippen LogP contribution in [0, 0.1) is 0 Å². The first kappa shape index (κ1) is 29.0. The smallest absolute Gasteiger partial charge is 0.194 e. The second-order valence-electron chi connectivity index (χ2n) is 12.2. The van der Waals surface area contributed by atoms with Crippen LogP contribution >= 0.6 is 0 Å². The second kappa shape index (κ2) is 10.4. The topological polar surface area (TPSA) is 123 Å². The molecule has 5 aromatic rings. The van der Waals surface area contributed by atoms with Gasteiger partial charge in [0.15, 0.2) is 22.4 Å². The molecule has 45 heavy (non-hydrogen) atoms. The Bertz CT molecular complexity index is 2220. The number of carbonyl (C=O) groups excluding carboxylic acids is 1. The Morgan fingerprint density at radius 3 is 2.00 bits per heavy atom. The van der Waals surface area contributed by atoms with Crippen molar-refractivity contribution in [3.05, 3.63) is 49.3 Å². The van der Waals surface area contributed by atoms with Crippen molar-refractivity contribution < 1.29 is 24.1 Å². The van der Waals surface area contributed by atoms with Crippen molar-refractivity contribution in [1.29, 1.82) is 0 Å². The van der Waals surface area contributed by atoms with E-state index in [1.165, 1.54) is 40.4 Å². The molecule has 1 unspecified atom stereocenters. The summed E-state index contributed by atoms with van der Waals surface area (Å²) in [7, 11) is 4.41. The monoisotopic (exact) mass is 608 g/mol. The third-order valence-corrected chi connectivity index (χ3v) is 9.74. The number of phenolic OH excluding ortho intramolecular Hbond substituents is 1. The summed E-state index contributed by atoms with van der Waals surface area (Å²) >= 11 is 0. The summed E-state index contributed by atoms with van der Waals surface area (Å²) in [5, 5.41) is 23.0. The second-order valence-corrected chi connectivity index (χ2v) is 12.2. The Morgan fingerprint density at radius 2 is 1.44 bits per heavy atom. The maximum Gasteiger partial charge on any atom is 0.194 e. The molecule has 0 bridgehead atoms. The lowest BCUT2D eigenvalue weighted by molar-refractivity contribution is -0.117. The molecule has 0 heterocycles. The molecule has 1 atom stereocenters. The van der Waals surface area contributed by atoms with Gasteiger partial charge in [0.05, 0.1) is 49.4 Å². The number of hydrogen-bond acceptors (Lipinski definition) is 9. The molecule has 5 aromatic carbocycles. The standard InChI is InChI=1S/C36H36N2O7/c1-7-37-33-18-12-15(2)23(16(3)39)32-30-24(18)29-25(34(33)38-17-10-8-9-11-17)19(40)13-21(43-4)27(29)28-22(44-5)14-20(41)26(31(28)30)35(42)36(32)45-6/h12-14,17,23,37-38,42H,7-11H2,1-6H3. The van der Waals surface area contributed by atoms with Gasteiger partial charge in [-0.3, -0.25) is 14.4 Å². The number of methoxy groups -OCH3 is 3. The summed E-state index contributed by atoms with van der Waals surface area (Å²) < 4.78 is 17.6. The molecule has 0 aliphatic heterocycles.